The van der Waals surface area contributed by atoms with Gasteiger partial charge in [-0.3, -0.25) is 10.1 Å². The van der Waals surface area contributed by atoms with Crippen LogP contribution < -0.4 is 10.2 Å². The number of aryl methyl sites for hydroxylation is 1. The Morgan fingerprint density at radius 1 is 1.16 bits per heavy atom. The van der Waals surface area contributed by atoms with Crippen molar-refractivity contribution in [1.29, 1.82) is 0 Å². The van der Waals surface area contributed by atoms with Crippen molar-refractivity contribution in [2.24, 2.45) is 7.05 Å². The van der Waals surface area contributed by atoms with E-state index in [1.807, 2.05) is 29.8 Å². The van der Waals surface area contributed by atoms with E-state index in [1.165, 1.54) is 12.3 Å². The summed E-state index contributed by atoms with van der Waals surface area (Å²) in [5.74, 6) is -1.28. The summed E-state index contributed by atoms with van der Waals surface area (Å²) >= 11 is 0. The van der Waals surface area contributed by atoms with E-state index >= 15 is 0 Å². The average Bonchev–Trinajstić information content (AvgIpc) is 3.28. The zero-order valence-electron chi connectivity index (χ0n) is 24.2. The second-order valence-corrected chi connectivity index (χ2v) is 6.58. The Hall–Kier alpha value is -3.85. The summed E-state index contributed by atoms with van der Waals surface area (Å²) in [5.41, 5.74) is 2.16. The molecule has 0 bridgehead atoms. The van der Waals surface area contributed by atoms with E-state index in [9.17, 15) is 4.79 Å². The van der Waals surface area contributed by atoms with Crippen LogP contribution in [0.5, 0.6) is 0 Å². The summed E-state index contributed by atoms with van der Waals surface area (Å²) in [4.78, 5) is 29.8. The highest BCUT2D eigenvalue weighted by atomic mass is 16.5. The lowest BCUT2D eigenvalue weighted by atomic mass is 10.1. The van der Waals surface area contributed by atoms with E-state index in [-0.39, 0.29) is 16.4 Å². The lowest BCUT2D eigenvalue weighted by molar-refractivity contribution is 0.102. The van der Waals surface area contributed by atoms with Crippen molar-refractivity contribution in [3.63, 3.8) is 0 Å². The number of benzene rings is 1. The van der Waals surface area contributed by atoms with Crippen LogP contribution in [-0.2, 0) is 11.8 Å². The summed E-state index contributed by atoms with van der Waals surface area (Å²) in [5, 5.41) is 3.26. The highest BCUT2D eigenvalue weighted by Crippen LogP contribution is 2.23. The van der Waals surface area contributed by atoms with Crippen LogP contribution >= 0.6 is 0 Å². The maximum atomic E-state index is 13.1. The summed E-state index contributed by atoms with van der Waals surface area (Å²) in [6.45, 7) is -12.9. The molecule has 1 saturated heterocycles. The maximum absolute atomic E-state index is 13.1. The molecule has 1 N–H and O–H groups in total. The molecule has 0 atom stereocenters. The molecule has 1 aliphatic heterocycles. The van der Waals surface area contributed by atoms with Crippen molar-refractivity contribution in [2.75, 3.05) is 36.3 Å². The van der Waals surface area contributed by atoms with Gasteiger partial charge in [-0.1, -0.05) is 12.1 Å². The fourth-order valence-electron chi connectivity index (χ4n) is 3.04. The van der Waals surface area contributed by atoms with Crippen LogP contribution in [0.25, 0.3) is 22.2 Å². The fourth-order valence-corrected chi connectivity index (χ4v) is 3.04. The number of aromatic nitrogens is 5. The molecule has 1 amide bonds. The van der Waals surface area contributed by atoms with Gasteiger partial charge in [-0.25, -0.2) is 19.9 Å². The minimum Gasteiger partial charge on any atom is -0.378 e. The Bertz CT molecular complexity index is 1570. The summed E-state index contributed by atoms with van der Waals surface area (Å²) in [6.07, 6.45) is 6.01. The van der Waals surface area contributed by atoms with Crippen LogP contribution in [0.15, 0.2) is 55.2 Å². The van der Waals surface area contributed by atoms with Gasteiger partial charge in [-0.15, -0.1) is 0 Å². The SMILES string of the molecule is [2H]C1([2H])OC([2H])([2H])C([2H])([2H])N(c2cc(C(=O)Nc3ncc4ccc(-c5cncn5C)cc4n3)ccn2)C1([2H])[2H]. The Kier molecular flexibility index (Phi) is 3.17. The highest BCUT2D eigenvalue weighted by molar-refractivity contribution is 6.04. The molecule has 0 unspecified atom stereocenters. The first-order valence-corrected chi connectivity index (χ1v) is 9.15. The number of carbonyl (C=O) groups excluding carboxylic acids is 1. The Labute approximate surface area is 190 Å². The lowest BCUT2D eigenvalue weighted by Crippen LogP contribution is -2.36. The van der Waals surface area contributed by atoms with E-state index in [0.717, 1.165) is 28.9 Å². The smallest absolute Gasteiger partial charge is 0.258 e. The zero-order valence-corrected chi connectivity index (χ0v) is 16.2. The monoisotopic (exact) mass is 423 g/mol. The van der Waals surface area contributed by atoms with E-state index in [4.69, 9.17) is 11.0 Å². The molecule has 1 fully saturated rings. The summed E-state index contributed by atoms with van der Waals surface area (Å²) in [7, 11) is 1.86. The molecule has 0 spiro atoms. The van der Waals surface area contributed by atoms with Crippen molar-refractivity contribution in [1.82, 2.24) is 24.5 Å². The lowest BCUT2D eigenvalue weighted by Gasteiger charge is -2.27. The topological polar surface area (TPSA) is 98.1 Å². The number of amides is 1. The van der Waals surface area contributed by atoms with Crippen LogP contribution in [0.4, 0.5) is 11.8 Å². The van der Waals surface area contributed by atoms with Gasteiger partial charge in [0.25, 0.3) is 5.91 Å². The standard InChI is InChI=1S/C22H21N7O2/c1-28-14-23-13-19(28)15-2-3-17-12-25-22(26-18(17)10-15)27-21(30)16-4-5-24-20(11-16)29-6-8-31-9-7-29/h2-5,10-14H,6-9H2,1H3,(H,25,26,27,30)/i6D2,7D2,8D2,9D2. The molecular weight excluding hydrogens is 394 g/mol. The molecule has 0 saturated carbocycles. The molecule has 4 heterocycles. The first-order valence-electron chi connectivity index (χ1n) is 13.2. The summed E-state index contributed by atoms with van der Waals surface area (Å²) < 4.78 is 70.6. The van der Waals surface area contributed by atoms with Gasteiger partial charge in [0.1, 0.15) is 5.82 Å². The van der Waals surface area contributed by atoms with Gasteiger partial charge >= 0.3 is 0 Å². The number of imidazole rings is 1. The molecule has 1 aromatic carbocycles. The molecule has 0 aliphatic carbocycles. The molecule has 1 aliphatic rings. The molecule has 3 aromatic heterocycles. The Morgan fingerprint density at radius 2 is 2.03 bits per heavy atom. The third kappa shape index (κ3) is 3.95. The van der Waals surface area contributed by atoms with Crippen molar-refractivity contribution >= 4 is 28.6 Å². The minimum atomic E-state index is -3.25. The normalized spacial score (nSPS) is 24.4. The predicted octanol–water partition coefficient (Wildman–Crippen LogP) is 2.51. The van der Waals surface area contributed by atoms with Crippen LogP contribution in [-0.4, -0.2) is 56.5 Å². The van der Waals surface area contributed by atoms with Gasteiger partial charge in [0.15, 0.2) is 0 Å². The number of fused-ring (bicyclic) bond motifs is 1. The zero-order chi connectivity index (χ0) is 28.4. The second-order valence-electron chi connectivity index (χ2n) is 6.58. The van der Waals surface area contributed by atoms with E-state index < -0.39 is 37.8 Å². The van der Waals surface area contributed by atoms with Crippen LogP contribution in [0, 0.1) is 0 Å². The number of anilines is 2. The minimum absolute atomic E-state index is 0.0299. The fraction of sp³-hybridized carbons (Fsp3) is 0.227. The molecule has 0 radical (unpaired) electrons. The number of pyridine rings is 1. The quantitative estimate of drug-likeness (QED) is 0.538. The van der Waals surface area contributed by atoms with Crippen molar-refractivity contribution in [3.8, 4) is 11.3 Å². The molecule has 9 nitrogen and oxygen atoms in total. The van der Waals surface area contributed by atoms with Gasteiger partial charge in [0.05, 0.1) is 47.8 Å². The second kappa shape index (κ2) is 8.11. The van der Waals surface area contributed by atoms with E-state index in [1.54, 1.807) is 12.5 Å². The third-order valence-electron chi connectivity index (χ3n) is 4.57. The average molecular weight is 424 g/mol. The highest BCUT2D eigenvalue weighted by Gasteiger charge is 2.15. The number of hydrogen-bond donors (Lipinski definition) is 1. The molecule has 31 heavy (non-hydrogen) atoms. The Morgan fingerprint density at radius 3 is 2.84 bits per heavy atom. The van der Waals surface area contributed by atoms with Gasteiger partial charge in [-0.2, -0.15) is 0 Å². The third-order valence-corrected chi connectivity index (χ3v) is 4.57. The number of hydrogen-bond acceptors (Lipinski definition) is 7. The molecule has 4 aromatic rings. The summed E-state index contributed by atoms with van der Waals surface area (Å²) in [6, 6.07) is 7.84. The number of ether oxygens (including phenoxy) is 1. The molecule has 9 heteroatoms. The van der Waals surface area contributed by atoms with Gasteiger partial charge in [-0.05, 0) is 18.2 Å². The predicted molar refractivity (Wildman–Crippen MR) is 117 cm³/mol. The number of carbonyl (C=O) groups is 1. The number of nitrogens with zero attached hydrogens (tertiary/aromatic N) is 6. The largest absolute Gasteiger partial charge is 0.378 e. The molecule has 156 valence electrons. The number of rotatable bonds is 4. The molecule has 5 rings (SSSR count). The van der Waals surface area contributed by atoms with Crippen molar-refractivity contribution < 1.29 is 20.5 Å². The number of morpholine rings is 1. The maximum Gasteiger partial charge on any atom is 0.258 e. The van der Waals surface area contributed by atoms with Gasteiger partial charge in [0, 0.05) is 48.9 Å². The van der Waals surface area contributed by atoms with Crippen LogP contribution in [0.2, 0.25) is 0 Å². The van der Waals surface area contributed by atoms with Crippen molar-refractivity contribution in [2.45, 2.75) is 0 Å². The van der Waals surface area contributed by atoms with Crippen LogP contribution in [0.3, 0.4) is 0 Å². The van der Waals surface area contributed by atoms with Gasteiger partial charge in [0.2, 0.25) is 5.95 Å². The van der Waals surface area contributed by atoms with E-state index in [0.29, 0.717) is 5.52 Å². The Balaban J connectivity index is 1.46. The van der Waals surface area contributed by atoms with Crippen molar-refractivity contribution in [3.05, 3.63) is 60.8 Å². The van der Waals surface area contributed by atoms with E-state index in [2.05, 4.69) is 30.0 Å². The molecular formula is C22H21N7O2. The van der Waals surface area contributed by atoms with Crippen LogP contribution in [0.1, 0.15) is 21.3 Å². The first-order chi connectivity index (χ1) is 18.1. The van der Waals surface area contributed by atoms with Gasteiger partial charge < -0.3 is 14.2 Å². The first kappa shape index (κ1) is 12.1. The number of nitrogens with one attached hydrogen (secondary N) is 1.